The molecule has 768 valence electrons. The minimum Gasteiger partial charge on any atom is -0.367 e. The van der Waals surface area contributed by atoms with E-state index in [4.69, 9.17) is 5.65 Å². The second-order valence-corrected chi connectivity index (χ2v) is 45.8. The summed E-state index contributed by atoms with van der Waals surface area (Å²) in [7, 11) is 0. The summed E-state index contributed by atoms with van der Waals surface area (Å²) >= 11 is 0. The average Bonchev–Trinajstić information content (AvgIpc) is 1.57. The predicted octanol–water partition coefficient (Wildman–Crippen LogP) is 34.3. The number of nitrogens with one attached hydrogen (secondary N) is 4. The number of hydrogen-bond donors (Lipinski definition) is 4. The first-order valence-corrected chi connectivity index (χ1v) is 57.7. The molecule has 0 bridgehead atoms. The number of benzene rings is 9. The van der Waals surface area contributed by atoms with Gasteiger partial charge in [0.15, 0.2) is 5.65 Å². The smallest absolute Gasteiger partial charge is 0.162 e. The summed E-state index contributed by atoms with van der Waals surface area (Å²) in [5.74, 6) is 5.71. The highest BCUT2D eigenvalue weighted by Gasteiger charge is 2.49. The lowest BCUT2D eigenvalue weighted by Gasteiger charge is -2.40. The van der Waals surface area contributed by atoms with Gasteiger partial charge in [-0.1, -0.05) is 304 Å². The Bertz CT molecular complexity index is 6150. The van der Waals surface area contributed by atoms with Crippen molar-refractivity contribution in [1.82, 2.24) is 21.2 Å². The average molecular weight is 1950 g/mol. The summed E-state index contributed by atoms with van der Waals surface area (Å²) in [6, 6.07) is 84.9. The summed E-state index contributed by atoms with van der Waals surface area (Å²) in [5, 5.41) is 7.40. The highest BCUT2D eigenvalue weighted by Crippen LogP contribution is 2.54. The number of anilines is 8. The quantitative estimate of drug-likeness (QED) is 0.0661. The van der Waals surface area contributed by atoms with Crippen LogP contribution >= 0.6 is 0 Å². The lowest BCUT2D eigenvalue weighted by atomic mass is 9.85. The molecule has 4 N–H and O–H groups in total. The van der Waals surface area contributed by atoms with Crippen molar-refractivity contribution in [1.29, 1.82) is 0 Å². The van der Waals surface area contributed by atoms with Crippen LogP contribution in [0.15, 0.2) is 299 Å². The number of allylic oxidation sites excluding steroid dienone is 11. The van der Waals surface area contributed by atoms with Gasteiger partial charge in [0.2, 0.25) is 0 Å². The monoisotopic (exact) mass is 1950 g/mol. The number of rotatable bonds is 18. The van der Waals surface area contributed by atoms with Gasteiger partial charge in [-0.25, -0.2) is 0 Å². The fourth-order valence-electron chi connectivity index (χ4n) is 28.7. The maximum atomic E-state index is 9.06. The van der Waals surface area contributed by atoms with Crippen LogP contribution in [0.3, 0.4) is 0 Å². The highest BCUT2D eigenvalue weighted by atomic mass is 15.4. The molecule has 0 radical (unpaired) electrons. The molecule has 0 amide bonds. The third kappa shape index (κ3) is 22.3. The van der Waals surface area contributed by atoms with E-state index >= 15 is 0 Å². The van der Waals surface area contributed by atoms with E-state index in [1.54, 1.807) is 16.3 Å². The maximum absolute atomic E-state index is 9.06. The molecule has 6 heterocycles. The van der Waals surface area contributed by atoms with Crippen molar-refractivity contribution >= 4 is 51.2 Å². The first kappa shape index (κ1) is 97.4. The molecular weight excluding hydrogens is 1770 g/mol. The minimum atomic E-state index is 0.0961. The molecule has 6 unspecified atom stereocenters. The fraction of sp³-hybridized carbons (Fsp3) is 0.504. The molecule has 6 atom stereocenters. The van der Waals surface area contributed by atoms with Gasteiger partial charge in [-0.3, -0.25) is 0 Å². The zero-order chi connectivity index (χ0) is 104. The van der Waals surface area contributed by atoms with Crippen LogP contribution in [0.4, 0.5) is 45.5 Å². The van der Waals surface area contributed by atoms with Crippen LogP contribution in [0.2, 0.25) is 5.65 Å². The third-order valence-corrected chi connectivity index (χ3v) is 36.6. The van der Waals surface area contributed by atoms with E-state index in [-0.39, 0.29) is 24.7 Å². The maximum Gasteiger partial charge on any atom is 0.162 e. The van der Waals surface area contributed by atoms with Gasteiger partial charge >= 0.3 is 0 Å². The van der Waals surface area contributed by atoms with Gasteiger partial charge in [0.25, 0.3) is 0 Å². The van der Waals surface area contributed by atoms with Crippen LogP contribution < -0.4 is 60.4 Å². The number of aryl methyl sites for hydroxylation is 6. The van der Waals surface area contributed by atoms with Gasteiger partial charge in [0.1, 0.15) is 37.0 Å². The summed E-state index contributed by atoms with van der Waals surface area (Å²) in [5.41, 5.74) is 35.4. The van der Waals surface area contributed by atoms with Crippen LogP contribution in [0.1, 0.15) is 338 Å². The molecule has 6 aliphatic heterocycles. The Morgan fingerprint density at radius 3 is 0.800 bits per heavy atom. The molecule has 12 nitrogen and oxygen atoms in total. The first-order valence-electron chi connectivity index (χ1n) is 59.5. The Morgan fingerprint density at radius 1 is 0.200 bits per heavy atom. The summed E-state index contributed by atoms with van der Waals surface area (Å²) in [4.78, 5) is 20.5. The van der Waals surface area contributed by atoms with Gasteiger partial charge in [-0.15, -0.1) is 0 Å². The standard InChI is InChI=1S/C28H36N2.C23H28N2.C22H32N2.C22H26N2.C21H30N2.C17H24N2/c1-21-13-9-12-20-26(21)29-22(2)27(23-14-5-3-6-15-23)30(25-18-7-4-8-19-25)28(29)24-16-10-11-17-24;1-17-11-7-10-16-22(17)25-19(3)18(2)24(21-14-5-4-6-15-21)23(25)20-12-8-9-13-20;2*1-16-10-6-9-15-20(16)24-17(2)21(18-11-4-3-5-12-18)23-22(24)19-13-7-8-14-19;1-15-9-3-8-14-19(15)23-16(2)20(17-10-4-5-11-17)22-21(23)18-12-6-7-13-18;1-12-8-4-7-11-16(12)19-14(3)13(2)18-17(19)15-9-5-6-10-15/h4,7-9,12-13,18-20,23-24,28H,3,5-6,10-11,14-17H2,1-2H3;4-7,10-11,14-16,20,23H,8-9,12-13H2,1-3H3;6,9-10,15,18-19,22-23H,3-5,7-8,11-14H2,1-2H3;3-6,9-12,15,19,22-23H,7-8,13-14H2,1-2H3;3,8-9,14,17-18,21-22H,4-7,10-13H2,1-2H3;4,7-8,11,15,17-18H,5-6,9-10H2,1-3H3/i/hD4. The normalized spacial score (nSPS) is 24.5. The van der Waals surface area contributed by atoms with Gasteiger partial charge < -0.3 is 60.4 Å². The van der Waals surface area contributed by atoms with Crippen LogP contribution in [-0.2, 0) is 0 Å². The third-order valence-electron chi connectivity index (χ3n) is 36.6. The molecule has 0 saturated heterocycles. The summed E-state index contributed by atoms with van der Waals surface area (Å²) in [6.07, 6.45) is 51.4. The number of para-hydroxylation sites is 8. The van der Waals surface area contributed by atoms with Gasteiger partial charge in [0.05, 0.1) is 5.70 Å². The molecule has 0 spiro atoms. The lowest BCUT2D eigenvalue weighted by molar-refractivity contribution is 0.355. The van der Waals surface area contributed by atoms with E-state index in [1.165, 1.54) is 374 Å². The van der Waals surface area contributed by atoms with E-state index in [0.717, 1.165) is 22.9 Å². The van der Waals surface area contributed by atoms with Crippen molar-refractivity contribution in [3.63, 3.8) is 0 Å². The first-order chi connectivity index (χ1) is 72.6. The van der Waals surface area contributed by atoms with Crippen molar-refractivity contribution < 1.29 is 5.65 Å². The van der Waals surface area contributed by atoms with Crippen LogP contribution in [0.5, 0.6) is 0 Å². The summed E-state index contributed by atoms with van der Waals surface area (Å²) < 4.78 is 35.5. The molecule has 145 heavy (non-hydrogen) atoms. The molecule has 9 aliphatic carbocycles. The van der Waals surface area contributed by atoms with Crippen molar-refractivity contribution in [3.05, 3.63) is 338 Å². The fourth-order valence-corrected chi connectivity index (χ4v) is 28.7. The van der Waals surface area contributed by atoms with E-state index in [9.17, 15) is 0 Å². The van der Waals surface area contributed by atoms with Crippen LogP contribution in [-0.4, -0.2) is 37.0 Å². The van der Waals surface area contributed by atoms with E-state index in [0.29, 0.717) is 59.7 Å². The Labute approximate surface area is 881 Å². The van der Waals surface area contributed by atoms with E-state index < -0.39 is 0 Å². The predicted molar refractivity (Wildman–Crippen MR) is 616 cm³/mol. The molecule has 9 aromatic rings. The molecule has 9 fully saturated rings. The van der Waals surface area contributed by atoms with Crippen LogP contribution in [0, 0.1) is 94.8 Å². The molecule has 0 aromatic heterocycles. The minimum absolute atomic E-state index is 0.0961. The number of nitrogens with zero attached hydrogens (tertiary/aromatic N) is 8. The second-order valence-electron chi connectivity index (χ2n) is 45.8. The van der Waals surface area contributed by atoms with Crippen molar-refractivity contribution in [2.45, 2.75) is 378 Å². The molecular formula is C133H176N12. The second kappa shape index (κ2) is 47.9. The van der Waals surface area contributed by atoms with E-state index in [2.05, 4.69) is 367 Å². The molecule has 12 heteroatoms. The SMILES string of the molecule is CC1=C(C)N(c2ccccc2C)C(C2CCCC2)N1c1ccccc1.CC1=C(C2CCCCC2)N(c2ccccc2)C(C2CCCC2)N1c1ccccc1C.[2H]N1C(C)=C(C)N(c2ccccc2C)C1C1CCCC1.[2H]N1C(C2CCCC2)=C(C)N(c2ccccc2C)C1C1CCCC1.[2H]N1C(C2CCCCC2)=C(C)N(c2ccccc2C)C1C1CCCC1.[2H]N1C(c2ccccc2)=C(C)N(c2ccccc2C)C1C1CCCC1. The van der Waals surface area contributed by atoms with Crippen LogP contribution in [0.25, 0.3) is 5.70 Å². The van der Waals surface area contributed by atoms with Crippen molar-refractivity contribution in [3.8, 4) is 0 Å². The molecule has 24 rings (SSSR count). The highest BCUT2D eigenvalue weighted by molar-refractivity contribution is 5.78. The van der Waals surface area contributed by atoms with Gasteiger partial charge in [-0.05, 0) is 348 Å². The Morgan fingerprint density at radius 2 is 0.448 bits per heavy atom. The Kier molecular flexibility index (Phi) is 32.2. The largest absolute Gasteiger partial charge is 0.367 e. The lowest BCUT2D eigenvalue weighted by Crippen LogP contribution is -2.46. The molecule has 15 aliphatic rings. The topological polar surface area (TPSA) is 74.0 Å². The summed E-state index contributed by atoms with van der Waals surface area (Å²) in [6.45, 7) is 31.2. The van der Waals surface area contributed by atoms with Gasteiger partial charge in [0, 0.05) is 126 Å². The Hall–Kier alpha value is -11.0. The molecule has 9 saturated carbocycles. The van der Waals surface area contributed by atoms with Gasteiger partial charge in [-0.2, -0.15) is 0 Å². The molecule has 9 aromatic carbocycles. The van der Waals surface area contributed by atoms with Crippen molar-refractivity contribution in [2.75, 3.05) is 39.2 Å². The zero-order valence-corrected chi connectivity index (χ0v) is 90.9. The zero-order valence-electron chi connectivity index (χ0n) is 94.9. The van der Waals surface area contributed by atoms with Crippen molar-refractivity contribution in [2.24, 2.45) is 53.3 Å². The Balaban J connectivity index is 0.000000113. The number of hydrogen-bond acceptors (Lipinski definition) is 12. The van der Waals surface area contributed by atoms with E-state index in [1.807, 2.05) is 16.7 Å².